The number of aliphatic hydroxyl groups is 1. The van der Waals surface area contributed by atoms with Crippen LogP contribution in [-0.4, -0.2) is 32.0 Å². The maximum Gasteiger partial charge on any atom is 0.168 e. The molecule has 0 aromatic heterocycles. The van der Waals surface area contributed by atoms with E-state index < -0.39 is 0 Å². The molecule has 0 bridgehead atoms. The summed E-state index contributed by atoms with van der Waals surface area (Å²) < 4.78 is 17.0. The Hall–Kier alpha value is -2.72. The first kappa shape index (κ1) is 22.6. The van der Waals surface area contributed by atoms with Crippen molar-refractivity contribution < 1.29 is 19.3 Å². The minimum Gasteiger partial charge on any atom is -0.494 e. The quantitative estimate of drug-likeness (QED) is 0.362. The van der Waals surface area contributed by atoms with Crippen LogP contribution in [0.25, 0.3) is 18.2 Å². The Balaban J connectivity index is 2.22. The number of hydrogen-bond acceptors (Lipinski definition) is 4. The van der Waals surface area contributed by atoms with Gasteiger partial charge in [0.1, 0.15) is 5.75 Å². The first-order chi connectivity index (χ1) is 14.2. The van der Waals surface area contributed by atoms with Crippen molar-refractivity contribution in [1.82, 2.24) is 0 Å². The van der Waals surface area contributed by atoms with E-state index in [4.69, 9.17) is 19.3 Å². The van der Waals surface area contributed by atoms with Gasteiger partial charge in [-0.15, -0.1) is 0 Å². The lowest BCUT2D eigenvalue weighted by Gasteiger charge is -2.14. The fraction of sp³-hybridized carbons (Fsp3) is 0.360. The molecule has 0 aliphatic carbocycles. The molecule has 0 heterocycles. The van der Waals surface area contributed by atoms with Gasteiger partial charge in [0.2, 0.25) is 0 Å². The van der Waals surface area contributed by atoms with Gasteiger partial charge in [-0.05, 0) is 56.4 Å². The molecule has 0 radical (unpaired) electrons. The highest BCUT2D eigenvalue weighted by Crippen LogP contribution is 2.37. The summed E-state index contributed by atoms with van der Waals surface area (Å²) in [6, 6.07) is 12.2. The van der Waals surface area contributed by atoms with Gasteiger partial charge >= 0.3 is 0 Å². The zero-order chi connectivity index (χ0) is 20.9. The molecule has 29 heavy (non-hydrogen) atoms. The average Bonchev–Trinajstić information content (AvgIpc) is 2.73. The maximum absolute atomic E-state index is 8.85. The summed E-state index contributed by atoms with van der Waals surface area (Å²) in [7, 11) is 1.65. The maximum atomic E-state index is 8.85. The Morgan fingerprint density at radius 2 is 1.66 bits per heavy atom. The van der Waals surface area contributed by atoms with Crippen LogP contribution in [0.2, 0.25) is 0 Å². The highest BCUT2D eigenvalue weighted by atomic mass is 16.5. The summed E-state index contributed by atoms with van der Waals surface area (Å²) in [4.78, 5) is 0. The zero-order valence-corrected chi connectivity index (χ0v) is 17.7. The fourth-order valence-corrected chi connectivity index (χ4v) is 3.00. The summed E-state index contributed by atoms with van der Waals surface area (Å²) in [5.74, 6) is 2.14. The van der Waals surface area contributed by atoms with E-state index in [2.05, 4.69) is 36.4 Å². The predicted molar refractivity (Wildman–Crippen MR) is 121 cm³/mol. The summed E-state index contributed by atoms with van der Waals surface area (Å²) in [6.45, 7) is 5.32. The molecule has 0 spiro atoms. The molecule has 1 N–H and O–H groups in total. The van der Waals surface area contributed by atoms with Gasteiger partial charge in [0, 0.05) is 18.2 Å². The minimum absolute atomic E-state index is 0.257. The molecule has 0 saturated carbocycles. The number of ether oxygens (including phenoxy) is 3. The molecule has 0 unspecified atom stereocenters. The van der Waals surface area contributed by atoms with Gasteiger partial charge in [0.15, 0.2) is 11.5 Å². The van der Waals surface area contributed by atoms with E-state index in [0.717, 1.165) is 41.7 Å². The third-order valence-corrected chi connectivity index (χ3v) is 4.33. The molecular weight excluding hydrogens is 364 g/mol. The van der Waals surface area contributed by atoms with E-state index in [1.54, 1.807) is 7.11 Å². The van der Waals surface area contributed by atoms with E-state index in [1.165, 1.54) is 0 Å². The number of hydrogen-bond donors (Lipinski definition) is 1. The lowest BCUT2D eigenvalue weighted by atomic mass is 10.1. The topological polar surface area (TPSA) is 47.9 Å². The first-order valence-electron chi connectivity index (χ1n) is 10.2. The third-order valence-electron chi connectivity index (χ3n) is 4.33. The lowest BCUT2D eigenvalue weighted by Crippen LogP contribution is -1.99. The van der Waals surface area contributed by atoms with E-state index in [9.17, 15) is 0 Å². The highest BCUT2D eigenvalue weighted by molar-refractivity contribution is 5.76. The minimum atomic E-state index is 0.257. The smallest absolute Gasteiger partial charge is 0.168 e. The highest BCUT2D eigenvalue weighted by Gasteiger charge is 2.12. The Morgan fingerprint density at radius 3 is 2.34 bits per heavy atom. The molecule has 4 nitrogen and oxygen atoms in total. The van der Waals surface area contributed by atoms with Crippen molar-refractivity contribution in [2.45, 2.75) is 33.1 Å². The van der Waals surface area contributed by atoms with Gasteiger partial charge in [0.05, 0.1) is 20.3 Å². The molecule has 2 aromatic rings. The van der Waals surface area contributed by atoms with Crippen molar-refractivity contribution in [3.8, 4) is 17.2 Å². The van der Waals surface area contributed by atoms with Crippen LogP contribution in [0.1, 0.15) is 49.8 Å². The molecular formula is C25H32O4. The summed E-state index contributed by atoms with van der Waals surface area (Å²) in [5, 5.41) is 8.85. The molecule has 0 saturated heterocycles. The van der Waals surface area contributed by atoms with E-state index in [0.29, 0.717) is 24.7 Å². The standard InChI is InChI=1S/C25H32O4/c1-4-28-23-18-22(25(27-3)24(19-23)29-5-2)15-14-21-13-10-12-20(17-21)11-8-6-7-9-16-26/h8,10-15,17-19,26H,4-7,9,16H2,1-3H3. The normalized spacial score (nSPS) is 11.3. The number of aliphatic hydroxyl groups excluding tert-OH is 1. The molecule has 0 aliphatic rings. The van der Waals surface area contributed by atoms with Crippen LogP contribution in [0.15, 0.2) is 42.5 Å². The number of allylic oxidation sites excluding steroid dienone is 1. The van der Waals surface area contributed by atoms with Gasteiger partial charge in [-0.25, -0.2) is 0 Å². The van der Waals surface area contributed by atoms with Crippen LogP contribution in [0.5, 0.6) is 17.2 Å². The van der Waals surface area contributed by atoms with Gasteiger partial charge in [-0.2, -0.15) is 0 Å². The first-order valence-corrected chi connectivity index (χ1v) is 10.2. The van der Waals surface area contributed by atoms with Crippen molar-refractivity contribution in [2.75, 3.05) is 26.9 Å². The molecule has 156 valence electrons. The Kier molecular flexibility index (Phi) is 9.87. The Labute approximate surface area is 174 Å². The molecule has 0 amide bonds. The lowest BCUT2D eigenvalue weighted by molar-refractivity contribution is 0.285. The predicted octanol–water partition coefficient (Wildman–Crippen LogP) is 5.84. The van der Waals surface area contributed by atoms with Gasteiger partial charge in [-0.1, -0.05) is 42.5 Å². The number of rotatable bonds is 12. The van der Waals surface area contributed by atoms with Crippen LogP contribution in [0.3, 0.4) is 0 Å². The van der Waals surface area contributed by atoms with Crippen LogP contribution in [0, 0.1) is 0 Å². The van der Waals surface area contributed by atoms with Crippen molar-refractivity contribution >= 4 is 18.2 Å². The molecule has 0 fully saturated rings. The third kappa shape index (κ3) is 7.31. The summed E-state index contributed by atoms with van der Waals surface area (Å²) >= 11 is 0. The Bertz CT molecular complexity index is 808. The van der Waals surface area contributed by atoms with Crippen LogP contribution in [-0.2, 0) is 0 Å². The molecule has 0 aliphatic heterocycles. The average molecular weight is 397 g/mol. The summed E-state index contributed by atoms with van der Waals surface area (Å²) in [6.07, 6.45) is 11.2. The van der Waals surface area contributed by atoms with Gasteiger partial charge in [-0.3, -0.25) is 0 Å². The van der Waals surface area contributed by atoms with Crippen LogP contribution < -0.4 is 14.2 Å². The molecule has 0 atom stereocenters. The van der Waals surface area contributed by atoms with E-state index in [1.807, 2.05) is 38.1 Å². The number of benzene rings is 2. The second kappa shape index (κ2) is 12.7. The van der Waals surface area contributed by atoms with Gasteiger partial charge < -0.3 is 19.3 Å². The SMILES string of the molecule is CCOc1cc(C=Cc2cccc(C=CCCCCO)c2)c(OC)c(OCC)c1. The number of unbranched alkanes of at least 4 members (excludes halogenated alkanes) is 2. The second-order valence-corrected chi connectivity index (χ2v) is 6.54. The van der Waals surface area contributed by atoms with Gasteiger partial charge in [0.25, 0.3) is 0 Å². The van der Waals surface area contributed by atoms with Crippen molar-refractivity contribution in [2.24, 2.45) is 0 Å². The molecule has 2 aromatic carbocycles. The monoisotopic (exact) mass is 396 g/mol. The van der Waals surface area contributed by atoms with Crippen molar-refractivity contribution in [1.29, 1.82) is 0 Å². The molecule has 4 heteroatoms. The van der Waals surface area contributed by atoms with Crippen molar-refractivity contribution in [3.63, 3.8) is 0 Å². The fourth-order valence-electron chi connectivity index (χ4n) is 3.00. The van der Waals surface area contributed by atoms with Crippen molar-refractivity contribution in [3.05, 3.63) is 59.2 Å². The largest absolute Gasteiger partial charge is 0.494 e. The summed E-state index contributed by atoms with van der Waals surface area (Å²) in [5.41, 5.74) is 3.16. The van der Waals surface area contributed by atoms with E-state index in [-0.39, 0.29) is 6.61 Å². The van der Waals surface area contributed by atoms with Crippen LogP contribution in [0.4, 0.5) is 0 Å². The number of methoxy groups -OCH3 is 1. The van der Waals surface area contributed by atoms with Crippen LogP contribution >= 0.6 is 0 Å². The second-order valence-electron chi connectivity index (χ2n) is 6.54. The zero-order valence-electron chi connectivity index (χ0n) is 17.7. The molecule has 2 rings (SSSR count). The van der Waals surface area contributed by atoms with E-state index >= 15 is 0 Å². The Morgan fingerprint density at radius 1 is 0.897 bits per heavy atom.